The summed E-state index contributed by atoms with van der Waals surface area (Å²) in [6.07, 6.45) is 0.753. The van der Waals surface area contributed by atoms with Crippen LogP contribution >= 0.6 is 15.9 Å². The first kappa shape index (κ1) is 16.4. The van der Waals surface area contributed by atoms with Crippen LogP contribution in [0.15, 0.2) is 27.6 Å². The second-order valence-electron chi connectivity index (χ2n) is 4.08. The SMILES string of the molecule is CNCCCN(C)S(=O)(=O)c1cc(Br)ccc1OC. The predicted molar refractivity (Wildman–Crippen MR) is 79.1 cm³/mol. The van der Waals surface area contributed by atoms with Gasteiger partial charge in [0.05, 0.1) is 7.11 Å². The van der Waals surface area contributed by atoms with E-state index >= 15 is 0 Å². The zero-order valence-electron chi connectivity index (χ0n) is 11.3. The van der Waals surface area contributed by atoms with Gasteiger partial charge in [-0.2, -0.15) is 0 Å². The van der Waals surface area contributed by atoms with E-state index in [-0.39, 0.29) is 4.90 Å². The minimum atomic E-state index is -3.53. The summed E-state index contributed by atoms with van der Waals surface area (Å²) < 4.78 is 32.1. The molecule has 0 aliphatic rings. The zero-order chi connectivity index (χ0) is 14.5. The third kappa shape index (κ3) is 4.17. The molecule has 0 aliphatic heterocycles. The molecular weight excluding hydrogens is 332 g/mol. The molecule has 0 aromatic heterocycles. The summed E-state index contributed by atoms with van der Waals surface area (Å²) >= 11 is 3.28. The molecule has 0 aliphatic carbocycles. The quantitative estimate of drug-likeness (QED) is 0.760. The molecule has 19 heavy (non-hydrogen) atoms. The van der Waals surface area contributed by atoms with E-state index in [1.54, 1.807) is 25.2 Å². The summed E-state index contributed by atoms with van der Waals surface area (Å²) in [5.74, 6) is 0.351. The van der Waals surface area contributed by atoms with E-state index in [0.717, 1.165) is 13.0 Å². The molecule has 0 heterocycles. The van der Waals surface area contributed by atoms with Crippen LogP contribution in [0.5, 0.6) is 5.75 Å². The van der Waals surface area contributed by atoms with Crippen LogP contribution in [0.25, 0.3) is 0 Å². The smallest absolute Gasteiger partial charge is 0.246 e. The summed E-state index contributed by atoms with van der Waals surface area (Å²) in [4.78, 5) is 0.177. The van der Waals surface area contributed by atoms with Crippen molar-refractivity contribution >= 4 is 26.0 Å². The first-order valence-electron chi connectivity index (χ1n) is 5.88. The number of nitrogens with zero attached hydrogens (tertiary/aromatic N) is 1. The highest BCUT2D eigenvalue weighted by Gasteiger charge is 2.24. The Kier molecular flexibility index (Phi) is 6.25. The molecule has 0 spiro atoms. The lowest BCUT2D eigenvalue weighted by Crippen LogP contribution is -2.29. The average Bonchev–Trinajstić information content (AvgIpc) is 2.38. The van der Waals surface area contributed by atoms with E-state index < -0.39 is 10.0 Å². The Balaban J connectivity index is 3.02. The van der Waals surface area contributed by atoms with Gasteiger partial charge in [-0.25, -0.2) is 12.7 Å². The van der Waals surface area contributed by atoms with Crippen LogP contribution in [0.3, 0.4) is 0 Å². The first-order valence-corrected chi connectivity index (χ1v) is 8.11. The molecule has 0 radical (unpaired) electrons. The molecule has 0 saturated carbocycles. The van der Waals surface area contributed by atoms with Gasteiger partial charge in [0.25, 0.3) is 0 Å². The van der Waals surface area contributed by atoms with Gasteiger partial charge in [-0.1, -0.05) is 15.9 Å². The summed E-state index contributed by atoms with van der Waals surface area (Å²) in [7, 11) is 1.34. The average molecular weight is 351 g/mol. The van der Waals surface area contributed by atoms with Crippen molar-refractivity contribution in [1.82, 2.24) is 9.62 Å². The maximum atomic E-state index is 12.5. The third-order valence-corrected chi connectivity index (χ3v) is 5.08. The van der Waals surface area contributed by atoms with E-state index in [9.17, 15) is 8.42 Å². The summed E-state index contributed by atoms with van der Waals surface area (Å²) in [5, 5.41) is 2.99. The standard InChI is InChI=1S/C12H19BrN2O3S/c1-14-7-4-8-15(2)19(16,17)12-9-10(13)5-6-11(12)18-3/h5-6,9,14H,4,7-8H2,1-3H3. The van der Waals surface area contributed by atoms with Gasteiger partial charge in [-0.3, -0.25) is 0 Å². The number of benzene rings is 1. The Morgan fingerprint density at radius 3 is 2.68 bits per heavy atom. The van der Waals surface area contributed by atoms with Gasteiger partial charge in [0.15, 0.2) is 0 Å². The fraction of sp³-hybridized carbons (Fsp3) is 0.500. The molecule has 0 bridgehead atoms. The lowest BCUT2D eigenvalue weighted by Gasteiger charge is -2.19. The molecule has 108 valence electrons. The molecule has 1 aromatic rings. The van der Waals surface area contributed by atoms with Crippen molar-refractivity contribution in [1.29, 1.82) is 0 Å². The first-order chi connectivity index (χ1) is 8.93. The maximum Gasteiger partial charge on any atom is 0.246 e. The highest BCUT2D eigenvalue weighted by atomic mass is 79.9. The minimum absolute atomic E-state index is 0.177. The van der Waals surface area contributed by atoms with E-state index in [2.05, 4.69) is 21.2 Å². The van der Waals surface area contributed by atoms with Gasteiger partial charge in [0, 0.05) is 18.1 Å². The summed E-state index contributed by atoms with van der Waals surface area (Å²) in [6, 6.07) is 4.94. The molecule has 0 unspecified atom stereocenters. The van der Waals surface area contributed by atoms with Crippen LogP contribution in [0.4, 0.5) is 0 Å². The number of rotatable bonds is 7. The van der Waals surface area contributed by atoms with Crippen molar-refractivity contribution in [2.75, 3.05) is 34.3 Å². The van der Waals surface area contributed by atoms with E-state index in [1.165, 1.54) is 11.4 Å². The summed E-state index contributed by atoms with van der Waals surface area (Å²) in [6.45, 7) is 1.23. The van der Waals surface area contributed by atoms with Gasteiger partial charge >= 0.3 is 0 Å². The number of sulfonamides is 1. The van der Waals surface area contributed by atoms with Crippen molar-refractivity contribution in [2.24, 2.45) is 0 Å². The van der Waals surface area contributed by atoms with Crippen LogP contribution in [0.1, 0.15) is 6.42 Å². The third-order valence-electron chi connectivity index (χ3n) is 2.71. The highest BCUT2D eigenvalue weighted by Crippen LogP contribution is 2.29. The number of hydrogen-bond acceptors (Lipinski definition) is 4. The minimum Gasteiger partial charge on any atom is -0.495 e. The lowest BCUT2D eigenvalue weighted by molar-refractivity contribution is 0.397. The van der Waals surface area contributed by atoms with Crippen LogP contribution in [0, 0.1) is 0 Å². The number of ether oxygens (including phenoxy) is 1. The van der Waals surface area contributed by atoms with Gasteiger partial charge in [-0.05, 0) is 38.2 Å². The Hall–Kier alpha value is -0.630. The zero-order valence-corrected chi connectivity index (χ0v) is 13.7. The van der Waals surface area contributed by atoms with E-state index in [1.807, 2.05) is 7.05 Å². The molecule has 7 heteroatoms. The Bertz CT molecular complexity index is 520. The monoisotopic (exact) mass is 350 g/mol. The van der Waals surface area contributed by atoms with Crippen molar-refractivity contribution in [2.45, 2.75) is 11.3 Å². The molecule has 1 N–H and O–H groups in total. The molecule has 1 aromatic carbocycles. The molecule has 5 nitrogen and oxygen atoms in total. The molecule has 0 atom stereocenters. The van der Waals surface area contributed by atoms with Crippen LogP contribution in [-0.4, -0.2) is 47.0 Å². The molecule has 0 saturated heterocycles. The normalized spacial score (nSPS) is 11.8. The van der Waals surface area contributed by atoms with E-state index in [0.29, 0.717) is 16.8 Å². The Labute approximate surface area is 123 Å². The van der Waals surface area contributed by atoms with Crippen LogP contribution in [0.2, 0.25) is 0 Å². The maximum absolute atomic E-state index is 12.5. The van der Waals surface area contributed by atoms with Crippen LogP contribution in [-0.2, 0) is 10.0 Å². The number of halogens is 1. The van der Waals surface area contributed by atoms with Gasteiger partial charge in [0.1, 0.15) is 10.6 Å². The molecule has 1 rings (SSSR count). The molecule has 0 amide bonds. The van der Waals surface area contributed by atoms with Gasteiger partial charge in [0.2, 0.25) is 10.0 Å². The van der Waals surface area contributed by atoms with Gasteiger partial charge < -0.3 is 10.1 Å². The highest BCUT2D eigenvalue weighted by molar-refractivity contribution is 9.10. The fourth-order valence-electron chi connectivity index (χ4n) is 1.62. The second-order valence-corrected chi connectivity index (χ2v) is 7.01. The topological polar surface area (TPSA) is 58.6 Å². The Morgan fingerprint density at radius 1 is 1.42 bits per heavy atom. The Morgan fingerprint density at radius 2 is 2.11 bits per heavy atom. The number of nitrogens with one attached hydrogen (secondary N) is 1. The lowest BCUT2D eigenvalue weighted by atomic mass is 10.3. The fourth-order valence-corrected chi connectivity index (χ4v) is 3.52. The second kappa shape index (κ2) is 7.23. The number of methoxy groups -OCH3 is 1. The summed E-state index contributed by atoms with van der Waals surface area (Å²) in [5.41, 5.74) is 0. The molecule has 0 fully saturated rings. The van der Waals surface area contributed by atoms with Crippen molar-refractivity contribution in [3.05, 3.63) is 22.7 Å². The number of hydrogen-bond donors (Lipinski definition) is 1. The van der Waals surface area contributed by atoms with Crippen molar-refractivity contribution < 1.29 is 13.2 Å². The largest absolute Gasteiger partial charge is 0.495 e. The van der Waals surface area contributed by atoms with E-state index in [4.69, 9.17) is 4.74 Å². The van der Waals surface area contributed by atoms with Crippen molar-refractivity contribution in [3.8, 4) is 5.75 Å². The predicted octanol–water partition coefficient (Wildman–Crippen LogP) is 1.69. The molecular formula is C12H19BrN2O3S. The van der Waals surface area contributed by atoms with Crippen LogP contribution < -0.4 is 10.1 Å². The van der Waals surface area contributed by atoms with Crippen molar-refractivity contribution in [3.63, 3.8) is 0 Å². The van der Waals surface area contributed by atoms with Gasteiger partial charge in [-0.15, -0.1) is 0 Å².